The van der Waals surface area contributed by atoms with Gasteiger partial charge in [-0.25, -0.2) is 0 Å². The van der Waals surface area contributed by atoms with E-state index in [1.165, 1.54) is 12.1 Å². The first kappa shape index (κ1) is 12.7. The van der Waals surface area contributed by atoms with Gasteiger partial charge in [0.15, 0.2) is 5.11 Å². The number of anilines is 1. The number of carbonyl (C=O) groups is 1. The summed E-state index contributed by atoms with van der Waals surface area (Å²) in [6.45, 7) is 1.72. The van der Waals surface area contributed by atoms with E-state index in [-0.39, 0.29) is 16.8 Å². The molecule has 0 atom stereocenters. The Hall–Kier alpha value is -1.33. The lowest BCUT2D eigenvalue weighted by Gasteiger charge is -2.10. The Balaban J connectivity index is 2.69. The fourth-order valence-corrected chi connectivity index (χ4v) is 1.37. The van der Waals surface area contributed by atoms with Crippen LogP contribution in [0.15, 0.2) is 18.2 Å². The van der Waals surface area contributed by atoms with Crippen molar-refractivity contribution in [3.63, 3.8) is 0 Å². The number of thiocarbonyl (C=S) groups is 1. The Morgan fingerprint density at radius 3 is 2.88 bits per heavy atom. The average Bonchev–Trinajstić information content (AvgIpc) is 2.23. The van der Waals surface area contributed by atoms with E-state index in [9.17, 15) is 9.90 Å². The zero-order chi connectivity index (χ0) is 12.1. The van der Waals surface area contributed by atoms with E-state index in [1.807, 2.05) is 0 Å². The summed E-state index contributed by atoms with van der Waals surface area (Å²) < 4.78 is 0. The molecule has 0 heterocycles. The maximum Gasteiger partial charge on any atom is 0.225 e. The number of nitrogens with one attached hydrogen (secondary N) is 2. The smallest absolute Gasteiger partial charge is 0.225 e. The number of amides is 1. The minimum absolute atomic E-state index is 0.0116. The molecule has 0 aliphatic heterocycles. The number of rotatable bonds is 2. The molecular formula is C10H11ClN2O2S. The van der Waals surface area contributed by atoms with Gasteiger partial charge in [-0.2, -0.15) is 0 Å². The standard InChI is InChI=1S/C10H11ClN2O2S/c1-2-9(15)13-10(16)12-7-5-6(11)3-4-8(7)14/h3-5,14H,2H2,1H3,(H2,12,13,15,16). The molecule has 1 rings (SSSR count). The Morgan fingerprint density at radius 2 is 2.25 bits per heavy atom. The minimum Gasteiger partial charge on any atom is -0.506 e. The molecule has 1 aromatic rings. The summed E-state index contributed by atoms with van der Waals surface area (Å²) in [4.78, 5) is 11.0. The van der Waals surface area contributed by atoms with Crippen LogP contribution in [0, 0.1) is 0 Å². The second-order valence-electron chi connectivity index (χ2n) is 3.02. The van der Waals surface area contributed by atoms with Gasteiger partial charge < -0.3 is 15.7 Å². The summed E-state index contributed by atoms with van der Waals surface area (Å²) in [6, 6.07) is 4.51. The van der Waals surface area contributed by atoms with Crippen LogP contribution in [0.2, 0.25) is 5.02 Å². The summed E-state index contributed by atoms with van der Waals surface area (Å²) in [6.07, 6.45) is 0.337. The average molecular weight is 259 g/mol. The van der Waals surface area contributed by atoms with Crippen molar-refractivity contribution in [2.45, 2.75) is 13.3 Å². The second kappa shape index (κ2) is 5.67. The van der Waals surface area contributed by atoms with E-state index in [4.69, 9.17) is 23.8 Å². The molecule has 16 heavy (non-hydrogen) atoms. The van der Waals surface area contributed by atoms with Crippen molar-refractivity contribution in [3.05, 3.63) is 23.2 Å². The van der Waals surface area contributed by atoms with Gasteiger partial charge in [0.25, 0.3) is 0 Å². The number of halogens is 1. The van der Waals surface area contributed by atoms with Crippen LogP contribution in [0.3, 0.4) is 0 Å². The number of hydrogen-bond donors (Lipinski definition) is 3. The van der Waals surface area contributed by atoms with E-state index in [1.54, 1.807) is 13.0 Å². The first-order valence-corrected chi connectivity index (χ1v) is 5.41. The van der Waals surface area contributed by atoms with Crippen LogP contribution in [-0.4, -0.2) is 16.1 Å². The molecule has 0 spiro atoms. The number of aromatic hydroxyl groups is 1. The third kappa shape index (κ3) is 3.67. The lowest BCUT2D eigenvalue weighted by molar-refractivity contribution is -0.119. The lowest BCUT2D eigenvalue weighted by Crippen LogP contribution is -2.33. The SMILES string of the molecule is CCC(=O)NC(=S)Nc1cc(Cl)ccc1O. The number of phenolic OH excluding ortho intramolecular Hbond substituents is 1. The highest BCUT2D eigenvalue weighted by molar-refractivity contribution is 7.80. The van der Waals surface area contributed by atoms with Crippen molar-refractivity contribution < 1.29 is 9.90 Å². The van der Waals surface area contributed by atoms with Gasteiger partial charge in [-0.1, -0.05) is 18.5 Å². The van der Waals surface area contributed by atoms with Gasteiger partial charge in [-0.15, -0.1) is 0 Å². The highest BCUT2D eigenvalue weighted by Crippen LogP contribution is 2.26. The van der Waals surface area contributed by atoms with Crippen molar-refractivity contribution >= 4 is 40.5 Å². The predicted octanol–water partition coefficient (Wildman–Crippen LogP) is 2.27. The van der Waals surface area contributed by atoms with Gasteiger partial charge >= 0.3 is 0 Å². The summed E-state index contributed by atoms with van der Waals surface area (Å²) in [5.41, 5.74) is 0.355. The highest BCUT2D eigenvalue weighted by Gasteiger charge is 2.06. The fraction of sp³-hybridized carbons (Fsp3) is 0.200. The summed E-state index contributed by atoms with van der Waals surface area (Å²) >= 11 is 10.6. The molecular weight excluding hydrogens is 248 g/mol. The third-order valence-corrected chi connectivity index (χ3v) is 2.22. The van der Waals surface area contributed by atoms with E-state index < -0.39 is 0 Å². The molecule has 1 aromatic carbocycles. The third-order valence-electron chi connectivity index (χ3n) is 1.78. The first-order valence-electron chi connectivity index (χ1n) is 4.62. The van der Waals surface area contributed by atoms with Crippen molar-refractivity contribution in [3.8, 4) is 5.75 Å². The zero-order valence-corrected chi connectivity index (χ0v) is 10.2. The molecule has 6 heteroatoms. The van der Waals surface area contributed by atoms with E-state index in [2.05, 4.69) is 10.6 Å². The topological polar surface area (TPSA) is 61.4 Å². The van der Waals surface area contributed by atoms with Crippen molar-refractivity contribution in [2.75, 3.05) is 5.32 Å². The van der Waals surface area contributed by atoms with Gasteiger partial charge in [0, 0.05) is 11.4 Å². The van der Waals surface area contributed by atoms with Gasteiger partial charge in [-0.3, -0.25) is 4.79 Å². The highest BCUT2D eigenvalue weighted by atomic mass is 35.5. The lowest BCUT2D eigenvalue weighted by atomic mass is 10.3. The molecule has 0 saturated carbocycles. The van der Waals surface area contributed by atoms with Crippen molar-refractivity contribution in [1.29, 1.82) is 0 Å². The van der Waals surface area contributed by atoms with Crippen LogP contribution in [0.4, 0.5) is 5.69 Å². The molecule has 86 valence electrons. The molecule has 0 bridgehead atoms. The van der Waals surface area contributed by atoms with Crippen molar-refractivity contribution in [1.82, 2.24) is 5.32 Å². The Morgan fingerprint density at radius 1 is 1.56 bits per heavy atom. The largest absolute Gasteiger partial charge is 0.506 e. The van der Waals surface area contributed by atoms with Gasteiger partial charge in [0.05, 0.1) is 5.69 Å². The van der Waals surface area contributed by atoms with Gasteiger partial charge in [0.1, 0.15) is 5.75 Å². The van der Waals surface area contributed by atoms with Crippen LogP contribution >= 0.6 is 23.8 Å². The van der Waals surface area contributed by atoms with Crippen LogP contribution in [0.1, 0.15) is 13.3 Å². The van der Waals surface area contributed by atoms with Gasteiger partial charge in [0.2, 0.25) is 5.91 Å². The number of carbonyl (C=O) groups excluding carboxylic acids is 1. The van der Waals surface area contributed by atoms with E-state index >= 15 is 0 Å². The molecule has 0 fully saturated rings. The summed E-state index contributed by atoms with van der Waals surface area (Å²) in [7, 11) is 0. The van der Waals surface area contributed by atoms with E-state index in [0.717, 1.165) is 0 Å². The Bertz CT molecular complexity index is 423. The molecule has 3 N–H and O–H groups in total. The molecule has 0 unspecified atom stereocenters. The summed E-state index contributed by atoms with van der Waals surface area (Å²) in [5.74, 6) is -0.184. The Labute approximate surface area is 104 Å². The van der Waals surface area contributed by atoms with Crippen LogP contribution in [0.5, 0.6) is 5.75 Å². The van der Waals surface area contributed by atoms with Crippen molar-refractivity contribution in [2.24, 2.45) is 0 Å². The molecule has 1 amide bonds. The summed E-state index contributed by atoms with van der Waals surface area (Å²) in [5, 5.41) is 15.2. The quantitative estimate of drug-likeness (QED) is 0.563. The van der Waals surface area contributed by atoms with Gasteiger partial charge in [-0.05, 0) is 30.4 Å². The van der Waals surface area contributed by atoms with E-state index in [0.29, 0.717) is 17.1 Å². The number of benzene rings is 1. The van der Waals surface area contributed by atoms with Crippen LogP contribution in [0.25, 0.3) is 0 Å². The molecule has 0 saturated heterocycles. The molecule has 0 aromatic heterocycles. The van der Waals surface area contributed by atoms with Crippen LogP contribution < -0.4 is 10.6 Å². The normalized spacial score (nSPS) is 9.62. The molecule has 0 aliphatic rings. The predicted molar refractivity (Wildman–Crippen MR) is 67.8 cm³/mol. The maximum atomic E-state index is 11.0. The van der Waals surface area contributed by atoms with Crippen LogP contribution in [-0.2, 0) is 4.79 Å². The zero-order valence-electron chi connectivity index (χ0n) is 8.58. The Kier molecular flexibility index (Phi) is 4.52. The first-order chi connectivity index (χ1) is 7.52. The number of phenols is 1. The maximum absolute atomic E-state index is 11.0. The minimum atomic E-state index is -0.195. The fourth-order valence-electron chi connectivity index (χ4n) is 0.977. The molecule has 0 radical (unpaired) electrons. The number of hydrogen-bond acceptors (Lipinski definition) is 3. The molecule has 0 aliphatic carbocycles. The molecule has 4 nitrogen and oxygen atoms in total. The second-order valence-corrected chi connectivity index (χ2v) is 3.86. The monoisotopic (exact) mass is 258 g/mol.